The lowest BCUT2D eigenvalue weighted by Gasteiger charge is -2.35. The van der Waals surface area contributed by atoms with Crippen molar-refractivity contribution in [3.05, 3.63) is 53.1 Å². The number of nitrogens with zero attached hydrogens (tertiary/aromatic N) is 2. The fraction of sp³-hybridized carbons (Fsp3) is 0.364. The van der Waals surface area contributed by atoms with Crippen LogP contribution in [0.4, 0.5) is 11.4 Å². The maximum atomic E-state index is 12.4. The van der Waals surface area contributed by atoms with Gasteiger partial charge in [-0.3, -0.25) is 9.59 Å². The third-order valence-electron chi connectivity index (χ3n) is 4.94. The molecular formula is C22H26ClN3O3. The lowest BCUT2D eigenvalue weighted by atomic mass is 10.1. The molecule has 0 spiro atoms. The van der Waals surface area contributed by atoms with Crippen LogP contribution in [-0.2, 0) is 4.79 Å². The molecule has 1 N–H and O–H groups in total. The molecule has 0 saturated carbocycles. The number of hydrogen-bond acceptors (Lipinski definition) is 5. The van der Waals surface area contributed by atoms with Gasteiger partial charge in [-0.05, 0) is 49.5 Å². The van der Waals surface area contributed by atoms with Crippen LogP contribution in [0.15, 0.2) is 42.5 Å². The van der Waals surface area contributed by atoms with Crippen LogP contribution >= 0.6 is 11.6 Å². The second-order valence-corrected chi connectivity index (χ2v) is 7.53. The van der Waals surface area contributed by atoms with E-state index in [0.717, 1.165) is 31.9 Å². The van der Waals surface area contributed by atoms with Crippen LogP contribution < -0.4 is 15.0 Å². The molecule has 0 radical (unpaired) electrons. The number of ether oxygens (including phenoxy) is 1. The zero-order valence-corrected chi connectivity index (χ0v) is 17.5. The predicted molar refractivity (Wildman–Crippen MR) is 116 cm³/mol. The van der Waals surface area contributed by atoms with Crippen molar-refractivity contribution in [2.75, 3.05) is 50.1 Å². The molecule has 0 aromatic heterocycles. The van der Waals surface area contributed by atoms with Gasteiger partial charge in [0.25, 0.3) is 5.91 Å². The number of amides is 1. The average molecular weight is 416 g/mol. The van der Waals surface area contributed by atoms with Crippen molar-refractivity contribution < 1.29 is 14.3 Å². The number of nitrogens with one attached hydrogen (secondary N) is 1. The van der Waals surface area contributed by atoms with Crippen molar-refractivity contribution in [3.63, 3.8) is 0 Å². The molecule has 7 heteroatoms. The first-order valence-electron chi connectivity index (χ1n) is 9.75. The van der Waals surface area contributed by atoms with Crippen LogP contribution in [0.2, 0.25) is 5.02 Å². The molecule has 1 saturated heterocycles. The summed E-state index contributed by atoms with van der Waals surface area (Å²) in [7, 11) is 2.10. The number of likely N-dealkylation sites (N-methyl/N-ethyl adjacent to an activating group) is 1. The molecule has 154 valence electrons. The summed E-state index contributed by atoms with van der Waals surface area (Å²) in [5.74, 6) is 0.348. The molecule has 1 fully saturated rings. The molecule has 1 heterocycles. The van der Waals surface area contributed by atoms with Gasteiger partial charge in [-0.25, -0.2) is 0 Å². The normalized spacial score (nSPS) is 14.5. The summed E-state index contributed by atoms with van der Waals surface area (Å²) in [6, 6.07) is 12.4. The summed E-state index contributed by atoms with van der Waals surface area (Å²) in [6.45, 7) is 5.41. The molecule has 1 aliphatic heterocycles. The maximum absolute atomic E-state index is 12.4. The second-order valence-electron chi connectivity index (χ2n) is 7.09. The van der Waals surface area contributed by atoms with Crippen LogP contribution in [0.1, 0.15) is 23.7 Å². The number of anilines is 2. The highest BCUT2D eigenvalue weighted by Crippen LogP contribution is 2.30. The highest BCUT2D eigenvalue weighted by atomic mass is 35.5. The van der Waals surface area contributed by atoms with E-state index >= 15 is 0 Å². The summed E-state index contributed by atoms with van der Waals surface area (Å²) in [4.78, 5) is 28.6. The lowest BCUT2D eigenvalue weighted by molar-refractivity contribution is -0.118. The molecule has 6 nitrogen and oxygen atoms in total. The van der Waals surface area contributed by atoms with E-state index < -0.39 is 0 Å². The van der Waals surface area contributed by atoms with Gasteiger partial charge in [0.2, 0.25) is 0 Å². The summed E-state index contributed by atoms with van der Waals surface area (Å²) in [5.41, 5.74) is 2.28. The Balaban J connectivity index is 1.61. The van der Waals surface area contributed by atoms with E-state index in [1.54, 1.807) is 30.3 Å². The Kier molecular flexibility index (Phi) is 7.12. The Bertz CT molecular complexity index is 862. The molecule has 29 heavy (non-hydrogen) atoms. The van der Waals surface area contributed by atoms with E-state index in [1.807, 2.05) is 19.1 Å². The molecule has 3 rings (SSSR count). The van der Waals surface area contributed by atoms with Crippen molar-refractivity contribution in [1.29, 1.82) is 0 Å². The molecular weight excluding hydrogens is 390 g/mol. The van der Waals surface area contributed by atoms with E-state index in [9.17, 15) is 9.59 Å². The van der Waals surface area contributed by atoms with Crippen molar-refractivity contribution in [2.24, 2.45) is 0 Å². The van der Waals surface area contributed by atoms with Gasteiger partial charge in [0, 0.05) is 43.2 Å². The first-order valence-corrected chi connectivity index (χ1v) is 10.1. The van der Waals surface area contributed by atoms with Crippen LogP contribution in [-0.4, -0.2) is 56.4 Å². The lowest BCUT2D eigenvalue weighted by Crippen LogP contribution is -2.44. The van der Waals surface area contributed by atoms with Crippen LogP contribution in [0.5, 0.6) is 5.75 Å². The maximum Gasteiger partial charge on any atom is 0.262 e. The highest BCUT2D eigenvalue weighted by molar-refractivity contribution is 6.31. The summed E-state index contributed by atoms with van der Waals surface area (Å²) in [5, 5.41) is 3.48. The highest BCUT2D eigenvalue weighted by Gasteiger charge is 2.18. The van der Waals surface area contributed by atoms with Crippen LogP contribution in [0.25, 0.3) is 0 Å². The number of carbonyl (C=O) groups is 2. The predicted octanol–water partition coefficient (Wildman–Crippen LogP) is 3.70. The summed E-state index contributed by atoms with van der Waals surface area (Å²) in [6.07, 6.45) is 0.456. The van der Waals surface area contributed by atoms with Gasteiger partial charge < -0.3 is 19.9 Å². The number of halogens is 1. The van der Waals surface area contributed by atoms with Crippen molar-refractivity contribution in [3.8, 4) is 5.75 Å². The first-order chi connectivity index (χ1) is 14.0. The number of hydrogen-bond donors (Lipinski definition) is 1. The number of piperazine rings is 1. The fourth-order valence-electron chi connectivity index (χ4n) is 3.21. The van der Waals surface area contributed by atoms with E-state index in [1.165, 1.54) is 0 Å². The fourth-order valence-corrected chi connectivity index (χ4v) is 3.38. The smallest absolute Gasteiger partial charge is 0.262 e. The van der Waals surface area contributed by atoms with Crippen molar-refractivity contribution in [1.82, 2.24) is 4.90 Å². The monoisotopic (exact) mass is 415 g/mol. The molecule has 0 atom stereocenters. The summed E-state index contributed by atoms with van der Waals surface area (Å²) >= 11 is 6.15. The Morgan fingerprint density at radius 2 is 1.76 bits per heavy atom. The zero-order chi connectivity index (χ0) is 20.8. The Labute approximate surface area is 176 Å². The van der Waals surface area contributed by atoms with Gasteiger partial charge in [-0.15, -0.1) is 0 Å². The van der Waals surface area contributed by atoms with E-state index in [4.69, 9.17) is 16.3 Å². The topological polar surface area (TPSA) is 61.9 Å². The Morgan fingerprint density at radius 3 is 2.41 bits per heavy atom. The quantitative estimate of drug-likeness (QED) is 0.698. The summed E-state index contributed by atoms with van der Waals surface area (Å²) < 4.78 is 5.56. The number of rotatable bonds is 7. The molecule has 0 unspecified atom stereocenters. The number of Topliss-reactive ketones (excluding diaryl/α,β-unsaturated/α-hetero) is 1. The van der Waals surface area contributed by atoms with Gasteiger partial charge in [0.15, 0.2) is 12.4 Å². The van der Waals surface area contributed by atoms with Gasteiger partial charge in [-0.2, -0.15) is 0 Å². The Morgan fingerprint density at radius 1 is 1.07 bits per heavy atom. The van der Waals surface area contributed by atoms with E-state index in [2.05, 4.69) is 22.2 Å². The number of ketones is 1. The molecule has 1 aliphatic rings. The Hall–Kier alpha value is -2.57. The van der Waals surface area contributed by atoms with Gasteiger partial charge in [0.1, 0.15) is 5.75 Å². The van der Waals surface area contributed by atoms with Crippen LogP contribution in [0, 0.1) is 0 Å². The number of benzene rings is 2. The number of carbonyl (C=O) groups excluding carboxylic acids is 2. The van der Waals surface area contributed by atoms with Gasteiger partial charge >= 0.3 is 0 Å². The van der Waals surface area contributed by atoms with Gasteiger partial charge in [0.05, 0.1) is 11.4 Å². The minimum absolute atomic E-state index is 0.0756. The third kappa shape index (κ3) is 5.71. The largest absolute Gasteiger partial charge is 0.484 e. The van der Waals surface area contributed by atoms with Crippen molar-refractivity contribution in [2.45, 2.75) is 13.3 Å². The molecule has 0 bridgehead atoms. The molecule has 2 aromatic carbocycles. The third-order valence-corrected chi connectivity index (χ3v) is 5.18. The van der Waals surface area contributed by atoms with E-state index in [0.29, 0.717) is 28.4 Å². The molecule has 2 aromatic rings. The van der Waals surface area contributed by atoms with E-state index in [-0.39, 0.29) is 18.3 Å². The average Bonchev–Trinajstić information content (AvgIpc) is 2.73. The zero-order valence-electron chi connectivity index (χ0n) is 16.8. The molecule has 0 aliphatic carbocycles. The first kappa shape index (κ1) is 21.1. The van der Waals surface area contributed by atoms with Gasteiger partial charge in [-0.1, -0.05) is 18.5 Å². The SMILES string of the molecule is CCC(=O)c1ccc(OCC(=O)Nc2cc(Cl)ccc2N2CCN(C)CC2)cc1. The second kappa shape index (κ2) is 9.76. The minimum atomic E-state index is -0.267. The van der Waals surface area contributed by atoms with Crippen molar-refractivity contribution >= 4 is 34.7 Å². The minimum Gasteiger partial charge on any atom is -0.484 e. The standard InChI is InChI=1S/C22H26ClN3O3/c1-3-21(27)16-4-7-18(8-5-16)29-15-22(28)24-19-14-17(23)6-9-20(19)26-12-10-25(2)11-13-26/h4-9,14H,3,10-13,15H2,1-2H3,(H,24,28). The van der Waals surface area contributed by atoms with Crippen LogP contribution in [0.3, 0.4) is 0 Å². The molecule has 1 amide bonds.